The van der Waals surface area contributed by atoms with Crippen molar-refractivity contribution < 1.29 is 43.9 Å². The van der Waals surface area contributed by atoms with E-state index in [1.54, 1.807) is 0 Å². The van der Waals surface area contributed by atoms with Crippen LogP contribution in [0, 0.1) is 10.4 Å². The van der Waals surface area contributed by atoms with Gasteiger partial charge in [-0.15, -0.1) is 0 Å². The predicted octanol–water partition coefficient (Wildman–Crippen LogP) is -1.94. The third-order valence-corrected chi connectivity index (χ3v) is 0.601. The number of rotatable bonds is 0. The summed E-state index contributed by atoms with van der Waals surface area (Å²) in [6.45, 7) is 0. The molecular formula is C3ClF3Zn. The van der Waals surface area contributed by atoms with E-state index in [1.165, 1.54) is 0 Å². The van der Waals surface area contributed by atoms with Gasteiger partial charge in [-0.25, -0.2) is 0 Å². The minimum absolute atomic E-state index is 0. The first-order chi connectivity index (χ1) is 3.06. The molecule has 0 amide bonds. The molecular weight excluding hydrogens is 194 g/mol. The maximum absolute atomic E-state index is 10.9. The van der Waals surface area contributed by atoms with Crippen molar-refractivity contribution in [3.05, 3.63) is 0 Å². The summed E-state index contributed by atoms with van der Waals surface area (Å²) in [6, 6.07) is 0. The summed E-state index contributed by atoms with van der Waals surface area (Å²) in [5, 5.41) is 0. The van der Waals surface area contributed by atoms with Gasteiger partial charge in [-0.2, -0.15) is 0 Å². The topological polar surface area (TPSA) is 0 Å². The van der Waals surface area contributed by atoms with E-state index in [9.17, 15) is 13.2 Å². The Hall–Kier alpha value is 0.263. The van der Waals surface area contributed by atoms with E-state index in [-0.39, 0.29) is 12.4 Å². The molecule has 0 N–H and O–H groups in total. The quantitative estimate of drug-likeness (QED) is 0.311. The number of alkyl halides is 3. The minimum Gasteiger partial charge on any atom is -1.00 e. The van der Waals surface area contributed by atoms with E-state index in [4.69, 9.17) is 0 Å². The second-order valence-electron chi connectivity index (χ2n) is 0.800. The van der Waals surface area contributed by atoms with Gasteiger partial charge in [-0.3, -0.25) is 0 Å². The monoisotopic (exact) mass is 192 g/mol. The van der Waals surface area contributed by atoms with Crippen LogP contribution >= 0.6 is 0 Å². The zero-order valence-corrected chi connectivity index (χ0v) is 7.44. The first-order valence-electron chi connectivity index (χ1n) is 1.42. The zero-order chi connectivity index (χ0) is 5.91. The van der Waals surface area contributed by atoms with Crippen LogP contribution in [0.2, 0.25) is 0 Å². The smallest absolute Gasteiger partial charge is 1.00 e. The Morgan fingerprint density at radius 3 is 1.62 bits per heavy atom. The zero-order valence-electron chi connectivity index (χ0n) is 3.72. The largest absolute Gasteiger partial charge is 1.00 e. The molecule has 0 radical (unpaired) electrons. The maximum Gasteiger partial charge on any atom is -1.00 e. The van der Waals surface area contributed by atoms with Crippen molar-refractivity contribution in [3.8, 4) is 10.4 Å². The molecule has 0 fully saturated rings. The van der Waals surface area contributed by atoms with Gasteiger partial charge in [0.15, 0.2) is 0 Å². The summed E-state index contributed by atoms with van der Waals surface area (Å²) in [5.74, 6) is 1.09. The van der Waals surface area contributed by atoms with Gasteiger partial charge in [0, 0.05) is 0 Å². The molecule has 0 aliphatic rings. The molecule has 0 atom stereocenters. The van der Waals surface area contributed by atoms with Crippen molar-refractivity contribution in [1.82, 2.24) is 0 Å². The molecule has 0 spiro atoms. The van der Waals surface area contributed by atoms with Crippen LogP contribution in [0.4, 0.5) is 13.2 Å². The Morgan fingerprint density at radius 1 is 1.25 bits per heavy atom. The maximum atomic E-state index is 10.9. The van der Waals surface area contributed by atoms with Crippen LogP contribution in [0.1, 0.15) is 0 Å². The van der Waals surface area contributed by atoms with Crippen molar-refractivity contribution in [2.75, 3.05) is 0 Å². The average Bonchev–Trinajstić information content (AvgIpc) is 1.30. The first kappa shape index (κ1) is 11.1. The van der Waals surface area contributed by atoms with Gasteiger partial charge in [0.25, 0.3) is 0 Å². The summed E-state index contributed by atoms with van der Waals surface area (Å²) in [4.78, 5) is 0. The fraction of sp³-hybridized carbons (Fsp3) is 0.333. The summed E-state index contributed by atoms with van der Waals surface area (Å²) in [5.41, 5.74) is 0. The van der Waals surface area contributed by atoms with Crippen molar-refractivity contribution in [2.45, 2.75) is 6.18 Å². The van der Waals surface area contributed by atoms with Crippen LogP contribution in [-0.4, -0.2) is 6.18 Å². The molecule has 0 aromatic carbocycles. The van der Waals surface area contributed by atoms with Gasteiger partial charge < -0.3 is 12.4 Å². The van der Waals surface area contributed by atoms with E-state index in [0.717, 1.165) is 5.92 Å². The van der Waals surface area contributed by atoms with E-state index >= 15 is 0 Å². The summed E-state index contributed by atoms with van der Waals surface area (Å²) < 4.78 is 34.6. The van der Waals surface area contributed by atoms with Crippen LogP contribution in [0.5, 0.6) is 0 Å². The third-order valence-electron chi connectivity index (χ3n) is 0.230. The van der Waals surface area contributed by atoms with Crippen LogP contribution in [0.3, 0.4) is 0 Å². The molecule has 0 unspecified atom stereocenters. The number of hydrogen-bond acceptors (Lipinski definition) is 0. The van der Waals surface area contributed by atoms with Gasteiger partial charge in [0.2, 0.25) is 0 Å². The van der Waals surface area contributed by atoms with E-state index in [0.29, 0.717) is 18.3 Å². The molecule has 0 bridgehead atoms. The minimum atomic E-state index is -4.28. The Balaban J connectivity index is 0. The molecule has 0 aliphatic carbocycles. The molecule has 5 heteroatoms. The molecule has 0 aromatic heterocycles. The Labute approximate surface area is 60.9 Å². The summed E-state index contributed by atoms with van der Waals surface area (Å²) >= 11 is 0.375. The average molecular weight is 194 g/mol. The fourth-order valence-corrected chi connectivity index (χ4v) is 0.521. The molecule has 0 aromatic rings. The van der Waals surface area contributed by atoms with Crippen molar-refractivity contribution in [1.29, 1.82) is 0 Å². The number of hydrogen-bond donors (Lipinski definition) is 0. The van der Waals surface area contributed by atoms with Crippen LogP contribution < -0.4 is 12.4 Å². The Morgan fingerprint density at radius 2 is 1.62 bits per heavy atom. The van der Waals surface area contributed by atoms with Crippen molar-refractivity contribution in [2.24, 2.45) is 0 Å². The molecule has 0 nitrogen and oxygen atoms in total. The fourth-order valence-electron chi connectivity index (χ4n) is 0.100. The molecule has 0 saturated heterocycles. The second-order valence-corrected chi connectivity index (χ2v) is 1.54. The van der Waals surface area contributed by atoms with Gasteiger partial charge >= 0.3 is 48.1 Å². The third kappa shape index (κ3) is 9.55. The first-order valence-corrected chi connectivity index (χ1v) is 2.90. The molecule has 8 heavy (non-hydrogen) atoms. The van der Waals surface area contributed by atoms with Crippen LogP contribution in [-0.2, 0) is 18.3 Å². The van der Waals surface area contributed by atoms with Gasteiger partial charge in [-0.1, -0.05) is 0 Å². The Bertz CT molecular complexity index is 108. The second kappa shape index (κ2) is 4.17. The standard InChI is InChI=1S/C3F3.ClH.Zn/c1-2-3(4,5)6;;/h;1H;/q;;+1/p-1. The molecule has 0 rings (SSSR count). The Kier molecular flexibility index (Phi) is 5.80. The summed E-state index contributed by atoms with van der Waals surface area (Å²) in [7, 11) is 0. The van der Waals surface area contributed by atoms with Gasteiger partial charge in [-0.05, 0) is 0 Å². The molecule has 0 saturated carbocycles. The predicted molar refractivity (Wildman–Crippen MR) is 13.8 cm³/mol. The van der Waals surface area contributed by atoms with Gasteiger partial charge in [0.1, 0.15) is 0 Å². The van der Waals surface area contributed by atoms with E-state index < -0.39 is 6.18 Å². The van der Waals surface area contributed by atoms with Crippen LogP contribution in [0.25, 0.3) is 0 Å². The van der Waals surface area contributed by atoms with Crippen molar-refractivity contribution in [3.63, 3.8) is 0 Å². The van der Waals surface area contributed by atoms with Crippen molar-refractivity contribution >= 4 is 0 Å². The van der Waals surface area contributed by atoms with Crippen LogP contribution in [0.15, 0.2) is 0 Å². The number of halogens is 4. The van der Waals surface area contributed by atoms with Gasteiger partial charge in [0.05, 0.1) is 0 Å². The molecule has 42 valence electrons. The van der Waals surface area contributed by atoms with E-state index in [1.807, 2.05) is 4.51 Å². The normalized spacial score (nSPS) is 8.62. The SMILES string of the molecule is FC(F)(F)C#[C][Zn+].[Cl-]. The molecule has 0 aliphatic heterocycles. The molecule has 0 heterocycles. The van der Waals surface area contributed by atoms with E-state index in [2.05, 4.69) is 0 Å². The summed E-state index contributed by atoms with van der Waals surface area (Å²) in [6.07, 6.45) is -4.28.